The predicted octanol–water partition coefficient (Wildman–Crippen LogP) is 4.91. The van der Waals surface area contributed by atoms with E-state index in [2.05, 4.69) is 19.8 Å². The summed E-state index contributed by atoms with van der Waals surface area (Å²) < 4.78 is 0. The van der Waals surface area contributed by atoms with E-state index in [1.807, 2.05) is 20.8 Å². The number of carbonyl (C=O) groups excluding carboxylic acids is 2. The van der Waals surface area contributed by atoms with Crippen LogP contribution < -0.4 is 0 Å². The molecule has 0 bridgehead atoms. The van der Waals surface area contributed by atoms with E-state index < -0.39 is 34.1 Å². The van der Waals surface area contributed by atoms with E-state index in [1.165, 1.54) is 0 Å². The van der Waals surface area contributed by atoms with Crippen molar-refractivity contribution in [1.82, 2.24) is 0 Å². The lowest BCUT2D eigenvalue weighted by Gasteiger charge is -2.65. The lowest BCUT2D eigenvalue weighted by atomic mass is 9.32. The van der Waals surface area contributed by atoms with Gasteiger partial charge < -0.3 is 10.2 Å². The highest BCUT2D eigenvalue weighted by molar-refractivity contribution is 6.57. The number of aliphatic carboxylic acids is 1. The summed E-state index contributed by atoms with van der Waals surface area (Å²) in [7, 11) is 0. The molecular formula is C29H42BNO5. The summed E-state index contributed by atoms with van der Waals surface area (Å²) in [5.41, 5.74) is -0.915. The molecule has 5 aliphatic rings. The second-order valence-corrected chi connectivity index (χ2v) is 12.6. The average molecular weight is 495 g/mol. The first kappa shape index (κ1) is 27.1. The Morgan fingerprint density at radius 1 is 1.19 bits per heavy atom. The molecule has 0 radical (unpaired) electrons. The zero-order chi connectivity index (χ0) is 26.6. The highest BCUT2D eigenvalue weighted by Gasteiger charge is 2.68. The Hall–Kier alpha value is -1.94. The number of Topliss-reactive ketones (excluding diaryl/α,β-unsaturated/α-hetero) is 1. The first-order chi connectivity index (χ1) is 17.1. The lowest BCUT2D eigenvalue weighted by molar-refractivity contribution is -0.181. The van der Waals surface area contributed by atoms with Crippen molar-refractivity contribution in [3.63, 3.8) is 0 Å². The highest BCUT2D eigenvalue weighted by Crippen LogP contribution is 2.69. The number of carbonyl (C=O) groups is 3. The summed E-state index contributed by atoms with van der Waals surface area (Å²) in [5, 5.41) is 30.8. The molecule has 4 fully saturated rings. The van der Waals surface area contributed by atoms with Gasteiger partial charge in [0, 0.05) is 23.9 Å². The van der Waals surface area contributed by atoms with Crippen LogP contribution in [0.4, 0.5) is 0 Å². The quantitative estimate of drug-likeness (QED) is 0.526. The number of nitriles is 1. The van der Waals surface area contributed by atoms with Crippen LogP contribution in [0.25, 0.3) is 0 Å². The minimum Gasteiger partial charge on any atom is -0.481 e. The molecule has 5 rings (SSSR count). The van der Waals surface area contributed by atoms with Crippen molar-refractivity contribution in [3.05, 3.63) is 11.6 Å². The zero-order valence-corrected chi connectivity index (χ0v) is 22.5. The minimum atomic E-state index is -0.788. The number of fused-ring (bicyclic) bond motifs is 7. The van der Waals surface area contributed by atoms with Crippen LogP contribution in [0.15, 0.2) is 11.6 Å². The van der Waals surface area contributed by atoms with Crippen LogP contribution in [-0.4, -0.2) is 41.1 Å². The number of allylic oxidation sites excluding steroid dienone is 2. The van der Waals surface area contributed by atoms with Crippen LogP contribution >= 0.6 is 0 Å². The molecule has 4 aliphatic carbocycles. The van der Waals surface area contributed by atoms with Gasteiger partial charge in [0.2, 0.25) is 0 Å². The maximum Gasteiger partial charge on any atom is 0.310 e. The summed E-state index contributed by atoms with van der Waals surface area (Å²) in [6.45, 7) is 10.4. The van der Waals surface area contributed by atoms with Crippen molar-refractivity contribution in [3.8, 4) is 6.07 Å². The molecule has 1 heterocycles. The molecule has 0 aromatic rings. The van der Waals surface area contributed by atoms with E-state index >= 15 is 0 Å². The van der Waals surface area contributed by atoms with Crippen molar-refractivity contribution in [2.45, 2.75) is 85.7 Å². The van der Waals surface area contributed by atoms with Gasteiger partial charge in [-0.05, 0) is 67.8 Å². The Morgan fingerprint density at radius 3 is 2.50 bits per heavy atom. The van der Waals surface area contributed by atoms with Gasteiger partial charge in [-0.3, -0.25) is 14.4 Å². The first-order valence-electron chi connectivity index (χ1n) is 14.1. The van der Waals surface area contributed by atoms with Gasteiger partial charge in [-0.25, -0.2) is 0 Å². The smallest absolute Gasteiger partial charge is 0.310 e. The van der Waals surface area contributed by atoms with Crippen molar-refractivity contribution in [1.29, 1.82) is 5.26 Å². The number of hydrogen-bond donors (Lipinski definition) is 2. The van der Waals surface area contributed by atoms with Crippen LogP contribution in [-0.2, 0) is 14.4 Å². The molecule has 0 aromatic heterocycles. The van der Waals surface area contributed by atoms with Gasteiger partial charge in [0.05, 0.1) is 11.5 Å². The monoisotopic (exact) mass is 495 g/mol. The maximum atomic E-state index is 14.0. The molecule has 0 aromatic carbocycles. The van der Waals surface area contributed by atoms with Crippen LogP contribution in [0, 0.1) is 63.1 Å². The molecule has 1 saturated heterocycles. The molecule has 0 amide bonds. The topological polar surface area (TPSA) is 115 Å². The number of aliphatic hydroxyl groups excluding tert-OH is 1. The van der Waals surface area contributed by atoms with E-state index in [4.69, 9.17) is 0 Å². The third-order valence-electron chi connectivity index (χ3n) is 11.3. The third kappa shape index (κ3) is 3.50. The van der Waals surface area contributed by atoms with Gasteiger partial charge in [0.15, 0.2) is 11.6 Å². The van der Waals surface area contributed by atoms with Gasteiger partial charge >= 0.3 is 5.97 Å². The minimum absolute atomic E-state index is 0.0230. The average Bonchev–Trinajstić information content (AvgIpc) is 2.86. The van der Waals surface area contributed by atoms with E-state index in [0.29, 0.717) is 19.6 Å². The molecule has 3 saturated carbocycles. The molecule has 2 N–H and O–H groups in total. The summed E-state index contributed by atoms with van der Waals surface area (Å²) in [6.07, 6.45) is 7.29. The number of nitrogens with zero attached hydrogens (tertiary/aromatic N) is 1. The zero-order valence-electron chi connectivity index (χ0n) is 22.5. The fourth-order valence-electron chi connectivity index (χ4n) is 9.66. The fraction of sp³-hybridized carbons (Fsp3) is 0.793. The van der Waals surface area contributed by atoms with E-state index in [0.717, 1.165) is 37.5 Å². The van der Waals surface area contributed by atoms with Crippen LogP contribution in [0.1, 0.15) is 66.2 Å². The number of carboxylic acid groups (broad SMARTS) is 1. The number of ketones is 2. The summed E-state index contributed by atoms with van der Waals surface area (Å²) >= 11 is 0. The Bertz CT molecular complexity index is 1020. The molecule has 9 atom stereocenters. The van der Waals surface area contributed by atoms with Crippen LogP contribution in [0.5, 0.6) is 0 Å². The van der Waals surface area contributed by atoms with E-state index in [1.54, 1.807) is 6.08 Å². The van der Waals surface area contributed by atoms with Gasteiger partial charge in [-0.1, -0.05) is 52.7 Å². The predicted molar refractivity (Wildman–Crippen MR) is 138 cm³/mol. The maximum absolute atomic E-state index is 14.0. The molecular weight excluding hydrogens is 453 g/mol. The van der Waals surface area contributed by atoms with Crippen molar-refractivity contribution in [2.24, 2.45) is 51.8 Å². The molecule has 7 heteroatoms. The van der Waals surface area contributed by atoms with Crippen LogP contribution in [0.2, 0.25) is 19.5 Å². The summed E-state index contributed by atoms with van der Waals surface area (Å²) in [4.78, 5) is 39.4. The number of rotatable bonds is 2. The fourth-order valence-corrected chi connectivity index (χ4v) is 9.66. The molecule has 36 heavy (non-hydrogen) atoms. The normalized spacial score (nSPS) is 45.5. The van der Waals surface area contributed by atoms with Crippen LogP contribution in [0.3, 0.4) is 0 Å². The first-order valence-corrected chi connectivity index (χ1v) is 14.1. The Morgan fingerprint density at radius 2 is 1.89 bits per heavy atom. The Balaban J connectivity index is 0.00000148. The largest absolute Gasteiger partial charge is 0.481 e. The van der Waals surface area contributed by atoms with E-state index in [-0.39, 0.29) is 48.3 Å². The number of carboxylic acids is 1. The van der Waals surface area contributed by atoms with Crippen molar-refractivity contribution >= 4 is 24.2 Å². The SMILES string of the molecule is CB1CCC2(C(=O)O)CCC3C(=CC(=O)C4C3(C)CCC3C(C)C(=O)C(C#N)CC34CO)C2C1.CC. The van der Waals surface area contributed by atoms with E-state index in [9.17, 15) is 29.9 Å². The van der Waals surface area contributed by atoms with Crippen molar-refractivity contribution in [2.75, 3.05) is 6.61 Å². The molecule has 1 aliphatic heterocycles. The van der Waals surface area contributed by atoms with Gasteiger partial charge in [0.25, 0.3) is 0 Å². The Labute approximate surface area is 216 Å². The van der Waals surface area contributed by atoms with Gasteiger partial charge in [0.1, 0.15) is 12.6 Å². The van der Waals surface area contributed by atoms with Gasteiger partial charge in [-0.2, -0.15) is 5.26 Å². The molecule has 9 unspecified atom stereocenters. The summed E-state index contributed by atoms with van der Waals surface area (Å²) in [5.74, 6) is -2.50. The molecule has 6 nitrogen and oxygen atoms in total. The Kier molecular flexibility index (Phi) is 7.10. The molecule has 0 spiro atoms. The lowest BCUT2D eigenvalue weighted by Crippen LogP contribution is -2.65. The second-order valence-electron chi connectivity index (χ2n) is 12.6. The summed E-state index contributed by atoms with van der Waals surface area (Å²) in [6, 6.07) is 2.16. The van der Waals surface area contributed by atoms with Crippen molar-refractivity contribution < 1.29 is 24.6 Å². The standard InChI is InChI=1S/C27H36BNO5.C2H6/c1-15-18-4-6-25(2)19-5-7-26(24(33)34)8-9-28(3)12-20(26)17(19)10-21(31)23(25)27(18,14-30)11-16(13-29)22(15)32;1-2/h10,15-16,18-20,23,30H,4-9,11-12,14H2,1-3H3,(H,33,34);1-2H3. The number of aliphatic hydroxyl groups is 1. The highest BCUT2D eigenvalue weighted by atomic mass is 16.4. The molecule has 196 valence electrons. The number of hydrogen-bond acceptors (Lipinski definition) is 5. The second kappa shape index (κ2) is 9.42. The van der Waals surface area contributed by atoms with Gasteiger partial charge in [-0.15, -0.1) is 0 Å². The third-order valence-corrected chi connectivity index (χ3v) is 11.3.